The van der Waals surface area contributed by atoms with Gasteiger partial charge in [0.05, 0.1) is 18.7 Å². The van der Waals surface area contributed by atoms with Gasteiger partial charge in [0.1, 0.15) is 0 Å². The van der Waals surface area contributed by atoms with Crippen molar-refractivity contribution in [2.45, 2.75) is 52.1 Å². The van der Waals surface area contributed by atoms with E-state index in [0.29, 0.717) is 0 Å². The minimum absolute atomic E-state index is 0.00144. The SMILES string of the molecule is CCN1CCCCC1C(=O)N[C@H](CO)C(C)C. The Hall–Kier alpha value is -0.610. The van der Waals surface area contributed by atoms with Gasteiger partial charge in [-0.05, 0) is 31.8 Å². The number of carbonyl (C=O) groups excluding carboxylic acids is 1. The first-order chi connectivity index (χ1) is 8.10. The second-order valence-electron chi connectivity index (χ2n) is 5.18. The first-order valence-corrected chi connectivity index (χ1v) is 6.75. The molecule has 1 aliphatic heterocycles. The number of rotatable bonds is 5. The fraction of sp³-hybridized carbons (Fsp3) is 0.923. The first-order valence-electron chi connectivity index (χ1n) is 6.75. The Labute approximate surface area is 104 Å². The highest BCUT2D eigenvalue weighted by molar-refractivity contribution is 5.82. The maximum absolute atomic E-state index is 12.2. The van der Waals surface area contributed by atoms with Gasteiger partial charge in [-0.25, -0.2) is 0 Å². The van der Waals surface area contributed by atoms with Gasteiger partial charge in [-0.3, -0.25) is 9.69 Å². The largest absolute Gasteiger partial charge is 0.394 e. The van der Waals surface area contributed by atoms with Gasteiger partial charge in [0.15, 0.2) is 0 Å². The van der Waals surface area contributed by atoms with Crippen LogP contribution < -0.4 is 5.32 Å². The number of nitrogens with one attached hydrogen (secondary N) is 1. The summed E-state index contributed by atoms with van der Waals surface area (Å²) in [5.74, 6) is 0.349. The lowest BCUT2D eigenvalue weighted by molar-refractivity contribution is -0.129. The predicted octanol–water partition coefficient (Wildman–Crippen LogP) is 0.994. The predicted molar refractivity (Wildman–Crippen MR) is 68.7 cm³/mol. The van der Waals surface area contributed by atoms with E-state index in [-0.39, 0.29) is 30.5 Å². The standard InChI is InChI=1S/C13H26N2O2/c1-4-15-8-6-5-7-12(15)13(17)14-11(9-16)10(2)3/h10-12,16H,4-9H2,1-3H3,(H,14,17)/t11-,12?/m1/s1. The maximum Gasteiger partial charge on any atom is 0.237 e. The fourth-order valence-electron chi connectivity index (χ4n) is 2.37. The van der Waals surface area contributed by atoms with Gasteiger partial charge < -0.3 is 10.4 Å². The number of nitrogens with zero attached hydrogens (tertiary/aromatic N) is 1. The zero-order chi connectivity index (χ0) is 12.8. The minimum atomic E-state index is -0.122. The molecule has 2 N–H and O–H groups in total. The smallest absolute Gasteiger partial charge is 0.237 e. The Morgan fingerprint density at radius 3 is 2.71 bits per heavy atom. The van der Waals surface area contributed by atoms with Crippen molar-refractivity contribution in [2.75, 3.05) is 19.7 Å². The van der Waals surface area contributed by atoms with Crippen LogP contribution in [0, 0.1) is 5.92 Å². The molecule has 4 nitrogen and oxygen atoms in total. The number of aliphatic hydroxyl groups is 1. The molecule has 1 amide bonds. The highest BCUT2D eigenvalue weighted by atomic mass is 16.3. The molecule has 1 unspecified atom stereocenters. The number of carbonyl (C=O) groups is 1. The summed E-state index contributed by atoms with van der Waals surface area (Å²) in [6, 6.07) is -0.121. The monoisotopic (exact) mass is 242 g/mol. The zero-order valence-electron chi connectivity index (χ0n) is 11.3. The van der Waals surface area contributed by atoms with Crippen LogP contribution in [-0.2, 0) is 4.79 Å². The Balaban J connectivity index is 2.55. The molecule has 1 heterocycles. The summed E-state index contributed by atoms with van der Waals surface area (Å²) in [4.78, 5) is 14.4. The average Bonchev–Trinajstić information content (AvgIpc) is 2.35. The number of hydrogen-bond donors (Lipinski definition) is 2. The quantitative estimate of drug-likeness (QED) is 0.756. The van der Waals surface area contributed by atoms with E-state index in [2.05, 4.69) is 17.1 Å². The molecule has 0 aromatic rings. The molecule has 0 saturated carbocycles. The van der Waals surface area contributed by atoms with E-state index in [4.69, 9.17) is 0 Å². The van der Waals surface area contributed by atoms with Gasteiger partial charge in [0.25, 0.3) is 0 Å². The van der Waals surface area contributed by atoms with E-state index in [9.17, 15) is 9.90 Å². The molecule has 2 atom stereocenters. The van der Waals surface area contributed by atoms with Crippen molar-refractivity contribution in [1.29, 1.82) is 0 Å². The third kappa shape index (κ3) is 3.96. The van der Waals surface area contributed by atoms with Crippen LogP contribution in [0.25, 0.3) is 0 Å². The lowest BCUT2D eigenvalue weighted by Crippen LogP contribution is -2.53. The third-order valence-corrected chi connectivity index (χ3v) is 3.65. The molecule has 0 aromatic heterocycles. The lowest BCUT2D eigenvalue weighted by Gasteiger charge is -2.35. The summed E-state index contributed by atoms with van der Waals surface area (Å²) < 4.78 is 0. The van der Waals surface area contributed by atoms with Gasteiger partial charge in [-0.15, -0.1) is 0 Å². The second kappa shape index (κ2) is 6.97. The second-order valence-corrected chi connectivity index (χ2v) is 5.18. The Morgan fingerprint density at radius 1 is 1.47 bits per heavy atom. The summed E-state index contributed by atoms with van der Waals surface area (Å²) in [7, 11) is 0. The van der Waals surface area contributed by atoms with E-state index in [1.54, 1.807) is 0 Å². The fourth-order valence-corrected chi connectivity index (χ4v) is 2.37. The average molecular weight is 242 g/mol. The number of piperidine rings is 1. The van der Waals surface area contributed by atoms with Crippen LogP contribution in [0.3, 0.4) is 0 Å². The molecule has 100 valence electrons. The van der Waals surface area contributed by atoms with Crippen LogP contribution in [0.2, 0.25) is 0 Å². The number of likely N-dealkylation sites (tertiary alicyclic amines) is 1. The summed E-state index contributed by atoms with van der Waals surface area (Å²) >= 11 is 0. The van der Waals surface area contributed by atoms with Gasteiger partial charge in [0, 0.05) is 0 Å². The molecule has 17 heavy (non-hydrogen) atoms. The van der Waals surface area contributed by atoms with E-state index < -0.39 is 0 Å². The van der Waals surface area contributed by atoms with E-state index in [0.717, 1.165) is 25.9 Å². The molecule has 1 rings (SSSR count). The molecule has 0 radical (unpaired) electrons. The normalized spacial score (nSPS) is 23.7. The van der Waals surface area contributed by atoms with E-state index in [1.807, 2.05) is 13.8 Å². The minimum Gasteiger partial charge on any atom is -0.394 e. The molecular weight excluding hydrogens is 216 g/mol. The molecule has 1 aliphatic rings. The molecule has 0 aromatic carbocycles. The van der Waals surface area contributed by atoms with Crippen molar-refractivity contribution < 1.29 is 9.90 Å². The Bertz CT molecular complexity index is 244. The van der Waals surface area contributed by atoms with Crippen molar-refractivity contribution in [2.24, 2.45) is 5.92 Å². The Morgan fingerprint density at radius 2 is 2.18 bits per heavy atom. The molecule has 0 bridgehead atoms. The summed E-state index contributed by atoms with van der Waals surface area (Å²) in [5, 5.41) is 12.2. The van der Waals surface area contributed by atoms with Crippen molar-refractivity contribution >= 4 is 5.91 Å². The molecule has 0 spiro atoms. The number of hydrogen-bond acceptors (Lipinski definition) is 3. The molecule has 1 saturated heterocycles. The summed E-state index contributed by atoms with van der Waals surface area (Å²) in [6.07, 6.45) is 3.25. The van der Waals surface area contributed by atoms with Crippen LogP contribution in [0.5, 0.6) is 0 Å². The van der Waals surface area contributed by atoms with Gasteiger partial charge in [0.2, 0.25) is 5.91 Å². The van der Waals surface area contributed by atoms with Crippen LogP contribution in [0.15, 0.2) is 0 Å². The van der Waals surface area contributed by atoms with Crippen molar-refractivity contribution in [3.63, 3.8) is 0 Å². The highest BCUT2D eigenvalue weighted by Crippen LogP contribution is 2.17. The first kappa shape index (κ1) is 14.5. The van der Waals surface area contributed by atoms with Crippen molar-refractivity contribution in [3.8, 4) is 0 Å². The molecular formula is C13H26N2O2. The number of aliphatic hydroxyl groups excluding tert-OH is 1. The molecule has 4 heteroatoms. The van der Waals surface area contributed by atoms with E-state index in [1.165, 1.54) is 6.42 Å². The van der Waals surface area contributed by atoms with E-state index >= 15 is 0 Å². The van der Waals surface area contributed by atoms with Crippen LogP contribution in [0.1, 0.15) is 40.0 Å². The van der Waals surface area contributed by atoms with Gasteiger partial charge in [-0.2, -0.15) is 0 Å². The van der Waals surface area contributed by atoms with Gasteiger partial charge in [-0.1, -0.05) is 27.2 Å². The van der Waals surface area contributed by atoms with Gasteiger partial charge >= 0.3 is 0 Å². The van der Waals surface area contributed by atoms with Crippen LogP contribution in [0.4, 0.5) is 0 Å². The summed E-state index contributed by atoms with van der Waals surface area (Å²) in [6.45, 7) is 8.07. The van der Waals surface area contributed by atoms with Crippen LogP contribution in [-0.4, -0.2) is 47.7 Å². The lowest BCUT2D eigenvalue weighted by atomic mass is 9.99. The van der Waals surface area contributed by atoms with Crippen molar-refractivity contribution in [3.05, 3.63) is 0 Å². The third-order valence-electron chi connectivity index (χ3n) is 3.65. The van der Waals surface area contributed by atoms with Crippen molar-refractivity contribution in [1.82, 2.24) is 10.2 Å². The molecule has 0 aliphatic carbocycles. The zero-order valence-corrected chi connectivity index (χ0v) is 11.3. The highest BCUT2D eigenvalue weighted by Gasteiger charge is 2.29. The number of likely N-dealkylation sites (N-methyl/N-ethyl adjacent to an activating group) is 1. The summed E-state index contributed by atoms with van der Waals surface area (Å²) in [5.41, 5.74) is 0. The maximum atomic E-state index is 12.2. The van der Waals surface area contributed by atoms with Crippen LogP contribution >= 0.6 is 0 Å². The number of amides is 1. The topological polar surface area (TPSA) is 52.6 Å². The Kier molecular flexibility index (Phi) is 5.92. The molecule has 1 fully saturated rings.